The Labute approximate surface area is 88.9 Å². The van der Waals surface area contributed by atoms with Gasteiger partial charge >= 0.3 is 0 Å². The Bertz CT molecular complexity index is 292. The van der Waals surface area contributed by atoms with E-state index in [4.69, 9.17) is 12.2 Å². The number of hydrogen-bond acceptors (Lipinski definition) is 2. The summed E-state index contributed by atoms with van der Waals surface area (Å²) in [4.78, 5) is 11.3. The monoisotopic (exact) mass is 210 g/mol. The summed E-state index contributed by atoms with van der Waals surface area (Å²) in [5.74, 6) is 0.471. The molecular weight excluding hydrogens is 196 g/mol. The van der Waals surface area contributed by atoms with E-state index >= 15 is 0 Å². The number of carbonyl (C=O) groups is 1. The molecule has 0 aromatic heterocycles. The van der Waals surface area contributed by atoms with Crippen molar-refractivity contribution in [1.29, 1.82) is 0 Å². The van der Waals surface area contributed by atoms with Crippen LogP contribution in [0.2, 0.25) is 0 Å². The molecule has 0 atom stereocenters. The highest BCUT2D eigenvalue weighted by atomic mass is 32.1. The van der Waals surface area contributed by atoms with Crippen LogP contribution in [0, 0.1) is 5.92 Å². The third kappa shape index (κ3) is 2.12. The van der Waals surface area contributed by atoms with Crippen LogP contribution < -0.4 is 10.6 Å². The first-order valence-corrected chi connectivity index (χ1v) is 5.51. The zero-order valence-corrected chi connectivity index (χ0v) is 8.82. The highest BCUT2D eigenvalue weighted by molar-refractivity contribution is 7.80. The average Bonchev–Trinajstić information content (AvgIpc) is 2.47. The van der Waals surface area contributed by atoms with Crippen LogP contribution in [-0.4, -0.2) is 11.0 Å². The normalized spacial score (nSPS) is 26.4. The minimum atomic E-state index is -0.0828. The van der Waals surface area contributed by atoms with E-state index in [0.717, 1.165) is 0 Å². The van der Waals surface area contributed by atoms with Crippen molar-refractivity contribution in [3.8, 4) is 0 Å². The lowest BCUT2D eigenvalue weighted by Crippen LogP contribution is -2.21. The average molecular weight is 210 g/mol. The first kappa shape index (κ1) is 9.65. The molecule has 0 aromatic rings. The highest BCUT2D eigenvalue weighted by Gasteiger charge is 2.22. The Morgan fingerprint density at radius 1 is 1.21 bits per heavy atom. The first-order valence-electron chi connectivity index (χ1n) is 5.10. The Hall–Kier alpha value is -0.900. The zero-order chi connectivity index (χ0) is 9.97. The Morgan fingerprint density at radius 2 is 1.93 bits per heavy atom. The summed E-state index contributed by atoms with van der Waals surface area (Å²) in [6.45, 7) is 0. The molecule has 2 N–H and O–H groups in total. The SMILES string of the molecule is O=C1NC(=S)N/C1=C\C1CCCCC1. The maximum Gasteiger partial charge on any atom is 0.273 e. The van der Waals surface area contributed by atoms with Gasteiger partial charge in [0, 0.05) is 0 Å². The summed E-state index contributed by atoms with van der Waals surface area (Å²) in [5, 5.41) is 5.88. The van der Waals surface area contributed by atoms with E-state index in [1.54, 1.807) is 0 Å². The van der Waals surface area contributed by atoms with E-state index in [9.17, 15) is 4.79 Å². The number of rotatable bonds is 1. The molecule has 2 rings (SSSR count). The lowest BCUT2D eigenvalue weighted by Gasteiger charge is -2.18. The van der Waals surface area contributed by atoms with Crippen LogP contribution in [0.5, 0.6) is 0 Å². The van der Waals surface area contributed by atoms with Crippen LogP contribution in [-0.2, 0) is 4.79 Å². The highest BCUT2D eigenvalue weighted by Crippen LogP contribution is 2.25. The molecule has 1 aliphatic carbocycles. The van der Waals surface area contributed by atoms with Gasteiger partial charge in [-0.2, -0.15) is 0 Å². The second kappa shape index (κ2) is 4.09. The van der Waals surface area contributed by atoms with Gasteiger partial charge in [-0.25, -0.2) is 0 Å². The Kier molecular flexibility index (Phi) is 2.82. The molecule has 1 heterocycles. The summed E-state index contributed by atoms with van der Waals surface area (Å²) in [5.41, 5.74) is 0.641. The third-order valence-corrected chi connectivity index (χ3v) is 2.98. The van der Waals surface area contributed by atoms with Gasteiger partial charge < -0.3 is 5.32 Å². The summed E-state index contributed by atoms with van der Waals surface area (Å²) >= 11 is 4.86. The molecule has 0 bridgehead atoms. The number of amides is 1. The van der Waals surface area contributed by atoms with Gasteiger partial charge in [0.05, 0.1) is 0 Å². The van der Waals surface area contributed by atoms with Gasteiger partial charge in [0.2, 0.25) is 0 Å². The summed E-state index contributed by atoms with van der Waals surface area (Å²) < 4.78 is 0. The molecule has 0 spiro atoms. The molecule has 1 aliphatic heterocycles. The molecule has 3 nitrogen and oxygen atoms in total. The third-order valence-electron chi connectivity index (χ3n) is 2.77. The van der Waals surface area contributed by atoms with Gasteiger partial charge in [-0.05, 0) is 31.0 Å². The van der Waals surface area contributed by atoms with E-state index in [-0.39, 0.29) is 5.91 Å². The van der Waals surface area contributed by atoms with Gasteiger partial charge in [-0.3, -0.25) is 10.1 Å². The fourth-order valence-electron chi connectivity index (χ4n) is 2.03. The van der Waals surface area contributed by atoms with E-state index in [1.165, 1.54) is 32.1 Å². The van der Waals surface area contributed by atoms with Crippen LogP contribution in [0.1, 0.15) is 32.1 Å². The van der Waals surface area contributed by atoms with Crippen LogP contribution >= 0.6 is 12.2 Å². The lowest BCUT2D eigenvalue weighted by molar-refractivity contribution is -0.115. The predicted molar refractivity (Wildman–Crippen MR) is 58.5 cm³/mol. The summed E-state index contributed by atoms with van der Waals surface area (Å²) in [6, 6.07) is 0. The number of nitrogens with one attached hydrogen (secondary N) is 2. The van der Waals surface area contributed by atoms with E-state index < -0.39 is 0 Å². The molecule has 1 saturated heterocycles. The molecule has 1 amide bonds. The minimum Gasteiger partial charge on any atom is -0.328 e. The summed E-state index contributed by atoms with van der Waals surface area (Å²) in [6.07, 6.45) is 8.32. The topological polar surface area (TPSA) is 41.1 Å². The second-order valence-corrected chi connectivity index (χ2v) is 4.29. The van der Waals surface area contributed by atoms with E-state index in [1.807, 2.05) is 6.08 Å². The molecule has 2 fully saturated rings. The van der Waals surface area contributed by atoms with Crippen molar-refractivity contribution in [3.05, 3.63) is 11.8 Å². The number of allylic oxidation sites excluding steroid dienone is 1. The first-order chi connectivity index (χ1) is 6.75. The van der Waals surface area contributed by atoms with Gasteiger partial charge in [-0.1, -0.05) is 25.3 Å². The van der Waals surface area contributed by atoms with Crippen molar-refractivity contribution in [1.82, 2.24) is 10.6 Å². The van der Waals surface area contributed by atoms with Gasteiger partial charge in [0.25, 0.3) is 5.91 Å². The van der Waals surface area contributed by atoms with Crippen LogP contribution in [0.4, 0.5) is 0 Å². The molecule has 0 unspecified atom stereocenters. The number of hydrogen-bond donors (Lipinski definition) is 2. The Morgan fingerprint density at radius 3 is 2.50 bits per heavy atom. The van der Waals surface area contributed by atoms with Crippen molar-refractivity contribution >= 4 is 23.2 Å². The van der Waals surface area contributed by atoms with E-state index in [0.29, 0.717) is 16.7 Å². The maximum atomic E-state index is 11.3. The fraction of sp³-hybridized carbons (Fsp3) is 0.600. The van der Waals surface area contributed by atoms with Crippen LogP contribution in [0.3, 0.4) is 0 Å². The van der Waals surface area contributed by atoms with Crippen molar-refractivity contribution in [2.24, 2.45) is 5.92 Å². The van der Waals surface area contributed by atoms with Crippen molar-refractivity contribution < 1.29 is 4.79 Å². The van der Waals surface area contributed by atoms with E-state index in [2.05, 4.69) is 10.6 Å². The summed E-state index contributed by atoms with van der Waals surface area (Å²) in [7, 11) is 0. The largest absolute Gasteiger partial charge is 0.328 e. The minimum absolute atomic E-state index is 0.0828. The van der Waals surface area contributed by atoms with Crippen molar-refractivity contribution in [2.45, 2.75) is 32.1 Å². The standard InChI is InChI=1S/C10H14N2OS/c13-9-8(11-10(14)12-9)6-7-4-2-1-3-5-7/h6-7H,1-5H2,(H2,11,12,13,14)/b8-6-. The molecule has 4 heteroatoms. The van der Waals surface area contributed by atoms with Crippen molar-refractivity contribution in [2.75, 3.05) is 0 Å². The smallest absolute Gasteiger partial charge is 0.273 e. The van der Waals surface area contributed by atoms with Gasteiger partial charge in [0.1, 0.15) is 5.70 Å². The fourth-order valence-corrected chi connectivity index (χ4v) is 2.24. The molecule has 0 aromatic carbocycles. The lowest BCUT2D eigenvalue weighted by atomic mass is 9.88. The van der Waals surface area contributed by atoms with Crippen LogP contribution in [0.25, 0.3) is 0 Å². The van der Waals surface area contributed by atoms with Gasteiger partial charge in [0.15, 0.2) is 5.11 Å². The molecule has 1 saturated carbocycles. The van der Waals surface area contributed by atoms with Crippen molar-refractivity contribution in [3.63, 3.8) is 0 Å². The number of thiocarbonyl (C=S) groups is 1. The number of carbonyl (C=O) groups excluding carboxylic acids is 1. The maximum absolute atomic E-state index is 11.3. The quantitative estimate of drug-likeness (QED) is 0.508. The zero-order valence-electron chi connectivity index (χ0n) is 8.01. The molecular formula is C10H14N2OS. The van der Waals surface area contributed by atoms with Crippen LogP contribution in [0.15, 0.2) is 11.8 Å². The predicted octanol–water partition coefficient (Wildman–Crippen LogP) is 1.45. The molecule has 0 radical (unpaired) electrons. The molecule has 14 heavy (non-hydrogen) atoms. The molecule has 76 valence electrons. The molecule has 2 aliphatic rings. The van der Waals surface area contributed by atoms with Gasteiger partial charge in [-0.15, -0.1) is 0 Å². The second-order valence-electron chi connectivity index (χ2n) is 3.89. The Balaban J connectivity index is 2.02.